The van der Waals surface area contributed by atoms with Crippen LogP contribution in [0, 0.1) is 0 Å². The Balaban J connectivity index is 2.64. The molecule has 0 saturated carbocycles. The smallest absolute Gasteiger partial charge is 0.377 e. The van der Waals surface area contributed by atoms with Crippen LogP contribution in [0.25, 0.3) is 0 Å². The number of alkyl halides is 3. The Morgan fingerprint density at radius 2 is 2.06 bits per heavy atom. The van der Waals surface area contributed by atoms with Gasteiger partial charge in [-0.1, -0.05) is 18.2 Å². The maximum atomic E-state index is 12.4. The van der Waals surface area contributed by atoms with E-state index in [9.17, 15) is 18.0 Å². The van der Waals surface area contributed by atoms with Gasteiger partial charge in [-0.2, -0.15) is 13.2 Å². The minimum atomic E-state index is -4.34. The summed E-state index contributed by atoms with van der Waals surface area (Å²) in [5, 5.41) is 0. The number of ketones is 1. The maximum Gasteiger partial charge on any atom is 0.416 e. The summed E-state index contributed by atoms with van der Waals surface area (Å²) < 4.78 is 41.8. The SMILES string of the molecule is COCC(=O)CCc1cccc(C(F)(F)F)c1. The third kappa shape index (κ3) is 4.56. The van der Waals surface area contributed by atoms with Gasteiger partial charge in [0.05, 0.1) is 5.56 Å². The van der Waals surface area contributed by atoms with Gasteiger partial charge in [0.25, 0.3) is 0 Å². The molecule has 0 radical (unpaired) electrons. The van der Waals surface area contributed by atoms with E-state index < -0.39 is 11.7 Å². The summed E-state index contributed by atoms with van der Waals surface area (Å²) in [4.78, 5) is 11.2. The normalized spacial score (nSPS) is 11.5. The summed E-state index contributed by atoms with van der Waals surface area (Å²) in [6.07, 6.45) is -3.85. The predicted molar refractivity (Wildman–Crippen MR) is 56.6 cm³/mol. The number of ether oxygens (including phenoxy) is 1. The molecule has 0 atom stereocenters. The Labute approximate surface area is 97.4 Å². The van der Waals surface area contributed by atoms with Gasteiger partial charge in [0.1, 0.15) is 6.61 Å². The Morgan fingerprint density at radius 3 is 2.65 bits per heavy atom. The molecule has 0 spiro atoms. The number of aryl methyl sites for hydroxylation is 1. The van der Waals surface area contributed by atoms with E-state index in [-0.39, 0.29) is 18.8 Å². The van der Waals surface area contributed by atoms with Gasteiger partial charge in [0.2, 0.25) is 0 Å². The van der Waals surface area contributed by atoms with Gasteiger partial charge in [-0.25, -0.2) is 0 Å². The molecule has 1 rings (SSSR count). The van der Waals surface area contributed by atoms with Gasteiger partial charge in [-0.15, -0.1) is 0 Å². The fraction of sp³-hybridized carbons (Fsp3) is 0.417. The van der Waals surface area contributed by atoms with Crippen LogP contribution in [0.4, 0.5) is 13.2 Å². The van der Waals surface area contributed by atoms with E-state index in [2.05, 4.69) is 4.74 Å². The number of benzene rings is 1. The summed E-state index contributed by atoms with van der Waals surface area (Å²) in [5.41, 5.74) is -0.182. The highest BCUT2D eigenvalue weighted by molar-refractivity contribution is 5.79. The molecule has 0 bridgehead atoms. The number of halogens is 3. The van der Waals surface area contributed by atoms with E-state index in [1.165, 1.54) is 13.2 Å². The van der Waals surface area contributed by atoms with Crippen molar-refractivity contribution >= 4 is 5.78 Å². The van der Waals surface area contributed by atoms with Gasteiger partial charge >= 0.3 is 6.18 Å². The average Bonchev–Trinajstić information content (AvgIpc) is 2.26. The second kappa shape index (κ2) is 5.82. The first kappa shape index (κ1) is 13.7. The molecule has 0 aliphatic rings. The molecule has 94 valence electrons. The zero-order chi connectivity index (χ0) is 12.9. The van der Waals surface area contributed by atoms with Crippen molar-refractivity contribution in [3.63, 3.8) is 0 Å². The van der Waals surface area contributed by atoms with Crippen LogP contribution in [0.5, 0.6) is 0 Å². The van der Waals surface area contributed by atoms with Crippen LogP contribution in [0.2, 0.25) is 0 Å². The van der Waals surface area contributed by atoms with Crippen molar-refractivity contribution in [3.05, 3.63) is 35.4 Å². The molecule has 0 unspecified atom stereocenters. The molecule has 1 aromatic rings. The van der Waals surface area contributed by atoms with Crippen LogP contribution in [0.15, 0.2) is 24.3 Å². The molecule has 0 aromatic heterocycles. The highest BCUT2D eigenvalue weighted by atomic mass is 19.4. The number of hydrogen-bond donors (Lipinski definition) is 0. The number of carbonyl (C=O) groups excluding carboxylic acids is 1. The van der Waals surface area contributed by atoms with Crippen molar-refractivity contribution in [2.24, 2.45) is 0 Å². The van der Waals surface area contributed by atoms with Crippen molar-refractivity contribution in [1.82, 2.24) is 0 Å². The lowest BCUT2D eigenvalue weighted by atomic mass is 10.0. The monoisotopic (exact) mass is 246 g/mol. The highest BCUT2D eigenvalue weighted by Crippen LogP contribution is 2.29. The van der Waals surface area contributed by atoms with Crippen LogP contribution >= 0.6 is 0 Å². The van der Waals surface area contributed by atoms with E-state index >= 15 is 0 Å². The summed E-state index contributed by atoms with van der Waals surface area (Å²) in [6, 6.07) is 5.01. The summed E-state index contributed by atoms with van der Waals surface area (Å²) in [7, 11) is 1.40. The minimum absolute atomic E-state index is 0.00103. The van der Waals surface area contributed by atoms with E-state index in [4.69, 9.17) is 0 Å². The van der Waals surface area contributed by atoms with Crippen LogP contribution in [0.3, 0.4) is 0 Å². The van der Waals surface area contributed by atoms with Crippen molar-refractivity contribution in [2.45, 2.75) is 19.0 Å². The van der Waals surface area contributed by atoms with Crippen LogP contribution < -0.4 is 0 Å². The van der Waals surface area contributed by atoms with Gasteiger partial charge in [0.15, 0.2) is 5.78 Å². The summed E-state index contributed by atoms with van der Waals surface area (Å²) >= 11 is 0. The zero-order valence-corrected chi connectivity index (χ0v) is 9.38. The molecule has 5 heteroatoms. The molecule has 0 aliphatic heterocycles. The minimum Gasteiger partial charge on any atom is -0.377 e. The standard InChI is InChI=1S/C12H13F3O2/c1-17-8-11(16)6-5-9-3-2-4-10(7-9)12(13,14)15/h2-4,7H,5-6,8H2,1H3. The molecular formula is C12H13F3O2. The second-order valence-corrected chi connectivity index (χ2v) is 3.67. The van der Waals surface area contributed by atoms with Gasteiger partial charge in [0, 0.05) is 13.5 Å². The average molecular weight is 246 g/mol. The third-order valence-electron chi connectivity index (χ3n) is 2.25. The number of hydrogen-bond acceptors (Lipinski definition) is 2. The molecule has 0 N–H and O–H groups in total. The van der Waals surface area contributed by atoms with E-state index in [0.717, 1.165) is 12.1 Å². The quantitative estimate of drug-likeness (QED) is 0.798. The topological polar surface area (TPSA) is 26.3 Å². The first-order valence-corrected chi connectivity index (χ1v) is 5.10. The Morgan fingerprint density at radius 1 is 1.35 bits per heavy atom. The Kier molecular flexibility index (Phi) is 4.69. The first-order valence-electron chi connectivity index (χ1n) is 5.10. The third-order valence-corrected chi connectivity index (χ3v) is 2.25. The van der Waals surface area contributed by atoms with Gasteiger partial charge in [-0.05, 0) is 18.1 Å². The van der Waals surface area contributed by atoms with Crippen molar-refractivity contribution < 1.29 is 22.7 Å². The van der Waals surface area contributed by atoms with Crippen LogP contribution in [-0.2, 0) is 22.1 Å². The van der Waals surface area contributed by atoms with Crippen LogP contribution in [-0.4, -0.2) is 19.5 Å². The van der Waals surface area contributed by atoms with Crippen molar-refractivity contribution in [3.8, 4) is 0 Å². The fourth-order valence-electron chi connectivity index (χ4n) is 1.42. The maximum absolute atomic E-state index is 12.4. The highest BCUT2D eigenvalue weighted by Gasteiger charge is 2.30. The predicted octanol–water partition coefficient (Wildman–Crippen LogP) is 2.85. The largest absolute Gasteiger partial charge is 0.416 e. The Hall–Kier alpha value is -1.36. The van der Waals surface area contributed by atoms with Crippen molar-refractivity contribution in [1.29, 1.82) is 0 Å². The molecule has 0 saturated heterocycles. The molecule has 2 nitrogen and oxygen atoms in total. The van der Waals surface area contributed by atoms with E-state index in [0.29, 0.717) is 12.0 Å². The summed E-state index contributed by atoms with van der Waals surface area (Å²) in [6.45, 7) is -0.00103. The van der Waals surface area contributed by atoms with Crippen molar-refractivity contribution in [2.75, 3.05) is 13.7 Å². The first-order chi connectivity index (χ1) is 7.93. The molecule has 0 fully saturated rings. The fourth-order valence-corrected chi connectivity index (χ4v) is 1.42. The number of rotatable bonds is 5. The molecule has 17 heavy (non-hydrogen) atoms. The number of Topliss-reactive ketones (excluding diaryl/α,β-unsaturated/α-hetero) is 1. The molecule has 0 aliphatic carbocycles. The number of methoxy groups -OCH3 is 1. The zero-order valence-electron chi connectivity index (χ0n) is 9.38. The lowest BCUT2D eigenvalue weighted by Crippen LogP contribution is -2.08. The lowest BCUT2D eigenvalue weighted by Gasteiger charge is -2.08. The van der Waals surface area contributed by atoms with Gasteiger partial charge < -0.3 is 4.74 Å². The number of carbonyl (C=O) groups is 1. The van der Waals surface area contributed by atoms with E-state index in [1.807, 2.05) is 0 Å². The van der Waals surface area contributed by atoms with E-state index in [1.54, 1.807) is 6.07 Å². The molecular weight excluding hydrogens is 233 g/mol. The summed E-state index contributed by atoms with van der Waals surface area (Å²) in [5.74, 6) is -0.120. The second-order valence-electron chi connectivity index (χ2n) is 3.67. The molecule has 0 heterocycles. The van der Waals surface area contributed by atoms with Gasteiger partial charge in [-0.3, -0.25) is 4.79 Å². The molecule has 0 amide bonds. The molecule has 1 aromatic carbocycles. The lowest BCUT2D eigenvalue weighted by molar-refractivity contribution is -0.137. The van der Waals surface area contributed by atoms with Crippen LogP contribution in [0.1, 0.15) is 17.5 Å². The Bertz CT molecular complexity index is 386.